The summed E-state index contributed by atoms with van der Waals surface area (Å²) in [5.74, 6) is 0.972. The molecule has 1 aliphatic heterocycles. The summed E-state index contributed by atoms with van der Waals surface area (Å²) in [6, 6.07) is 11.3. The summed E-state index contributed by atoms with van der Waals surface area (Å²) in [6.07, 6.45) is 6.17. The van der Waals surface area contributed by atoms with Gasteiger partial charge in [0.25, 0.3) is 0 Å². The van der Waals surface area contributed by atoms with Gasteiger partial charge >= 0.3 is 0 Å². The molecule has 1 saturated carbocycles. The quantitative estimate of drug-likeness (QED) is 0.799. The van der Waals surface area contributed by atoms with E-state index in [1.807, 2.05) is 0 Å². The summed E-state index contributed by atoms with van der Waals surface area (Å²) in [7, 11) is 0. The topological polar surface area (TPSA) is 26.7 Å². The van der Waals surface area contributed by atoms with Crippen molar-refractivity contribution in [3.63, 3.8) is 0 Å². The number of nitrogens with zero attached hydrogens (tertiary/aromatic N) is 2. The largest absolute Gasteiger partial charge is 0.396 e. The average molecular weight is 302 g/mol. The smallest absolute Gasteiger partial charge is 0.0446 e. The molecule has 3 nitrogen and oxygen atoms in total. The van der Waals surface area contributed by atoms with E-state index in [0.29, 0.717) is 12.6 Å². The molecule has 22 heavy (non-hydrogen) atoms. The van der Waals surface area contributed by atoms with Crippen molar-refractivity contribution < 1.29 is 5.11 Å². The minimum absolute atomic E-state index is 0.317. The second-order valence-electron chi connectivity index (χ2n) is 6.99. The molecule has 1 aromatic carbocycles. The fourth-order valence-corrected chi connectivity index (χ4v) is 3.64. The molecule has 0 spiro atoms. The Morgan fingerprint density at radius 1 is 1.09 bits per heavy atom. The third-order valence-electron chi connectivity index (χ3n) is 5.12. The molecule has 2 aliphatic rings. The van der Waals surface area contributed by atoms with E-state index < -0.39 is 0 Å². The average Bonchev–Trinajstić information content (AvgIpc) is 3.35. The van der Waals surface area contributed by atoms with Gasteiger partial charge in [-0.15, -0.1) is 0 Å². The molecule has 0 amide bonds. The lowest BCUT2D eigenvalue weighted by Crippen LogP contribution is -2.54. The second-order valence-corrected chi connectivity index (χ2v) is 6.99. The number of hydrogen-bond acceptors (Lipinski definition) is 3. The molecule has 1 atom stereocenters. The van der Waals surface area contributed by atoms with Gasteiger partial charge in [0.1, 0.15) is 0 Å². The number of benzene rings is 1. The van der Waals surface area contributed by atoms with E-state index in [1.165, 1.54) is 44.5 Å². The van der Waals surface area contributed by atoms with Gasteiger partial charge in [-0.25, -0.2) is 0 Å². The van der Waals surface area contributed by atoms with Crippen molar-refractivity contribution in [2.45, 2.75) is 38.1 Å². The van der Waals surface area contributed by atoms with Crippen molar-refractivity contribution in [1.82, 2.24) is 9.80 Å². The molecule has 3 heteroatoms. The summed E-state index contributed by atoms with van der Waals surface area (Å²) >= 11 is 0. The molecule has 1 saturated heterocycles. The highest BCUT2D eigenvalue weighted by molar-refractivity contribution is 5.14. The number of hydrogen-bond donors (Lipinski definition) is 1. The Bertz CT molecular complexity index is 432. The Labute approximate surface area is 134 Å². The van der Waals surface area contributed by atoms with Crippen molar-refractivity contribution in [2.24, 2.45) is 5.92 Å². The number of aliphatic hydroxyl groups excluding tert-OH is 1. The molecule has 2 fully saturated rings. The summed E-state index contributed by atoms with van der Waals surface area (Å²) in [5.41, 5.74) is 1.44. The van der Waals surface area contributed by atoms with E-state index in [0.717, 1.165) is 31.8 Å². The van der Waals surface area contributed by atoms with Crippen LogP contribution >= 0.6 is 0 Å². The molecule has 0 bridgehead atoms. The number of rotatable bonds is 8. The first-order chi connectivity index (χ1) is 10.8. The first-order valence-electron chi connectivity index (χ1n) is 8.96. The van der Waals surface area contributed by atoms with Gasteiger partial charge in [-0.05, 0) is 50.1 Å². The highest BCUT2D eigenvalue weighted by Crippen LogP contribution is 2.30. The van der Waals surface area contributed by atoms with Crippen molar-refractivity contribution in [3.05, 3.63) is 35.9 Å². The number of piperazine rings is 1. The van der Waals surface area contributed by atoms with E-state index >= 15 is 0 Å². The lowest BCUT2D eigenvalue weighted by Gasteiger charge is -2.41. The van der Waals surface area contributed by atoms with Crippen LogP contribution in [0.5, 0.6) is 0 Å². The first kappa shape index (κ1) is 16.0. The third kappa shape index (κ3) is 4.80. The summed E-state index contributed by atoms with van der Waals surface area (Å²) in [4.78, 5) is 5.24. The van der Waals surface area contributed by atoms with Crippen LogP contribution in [0.15, 0.2) is 30.3 Å². The van der Waals surface area contributed by atoms with Crippen LogP contribution in [0.3, 0.4) is 0 Å². The molecule has 1 N–H and O–H groups in total. The molecular formula is C19H30N2O. The van der Waals surface area contributed by atoms with Crippen LogP contribution < -0.4 is 0 Å². The summed E-state index contributed by atoms with van der Waals surface area (Å²) < 4.78 is 0. The van der Waals surface area contributed by atoms with E-state index in [-0.39, 0.29) is 0 Å². The Morgan fingerprint density at radius 3 is 2.64 bits per heavy atom. The standard InChI is InChI=1S/C19H30N2O/c22-14-10-19-16-20(15-18-8-9-18)12-13-21(19)11-4-7-17-5-2-1-3-6-17/h1-3,5-6,18-19,22H,4,7-16H2/t19-/m0/s1. The Balaban J connectivity index is 1.44. The van der Waals surface area contributed by atoms with Crippen molar-refractivity contribution in [3.8, 4) is 0 Å². The Morgan fingerprint density at radius 2 is 1.91 bits per heavy atom. The van der Waals surface area contributed by atoms with E-state index in [1.54, 1.807) is 0 Å². The first-order valence-corrected chi connectivity index (χ1v) is 8.96. The van der Waals surface area contributed by atoms with Gasteiger partial charge in [-0.2, -0.15) is 0 Å². The minimum atomic E-state index is 0.317. The van der Waals surface area contributed by atoms with Crippen LogP contribution in [0.25, 0.3) is 0 Å². The summed E-state index contributed by atoms with van der Waals surface area (Å²) in [5, 5.41) is 9.38. The molecule has 122 valence electrons. The predicted molar refractivity (Wildman–Crippen MR) is 91.0 cm³/mol. The van der Waals surface area contributed by atoms with E-state index in [9.17, 15) is 5.11 Å². The summed E-state index contributed by atoms with van der Waals surface area (Å²) in [6.45, 7) is 6.31. The SMILES string of the molecule is OCC[C@H]1CN(CC2CC2)CCN1CCCc1ccccc1. The lowest BCUT2D eigenvalue weighted by atomic mass is 10.1. The zero-order valence-electron chi connectivity index (χ0n) is 13.7. The van der Waals surface area contributed by atoms with Crippen LogP contribution in [0.4, 0.5) is 0 Å². The molecule has 3 rings (SSSR count). The zero-order valence-corrected chi connectivity index (χ0v) is 13.7. The normalized spacial score (nSPS) is 23.8. The minimum Gasteiger partial charge on any atom is -0.396 e. The van der Waals surface area contributed by atoms with Crippen molar-refractivity contribution in [1.29, 1.82) is 0 Å². The Kier molecular flexibility index (Phi) is 5.88. The molecule has 0 unspecified atom stereocenters. The van der Waals surface area contributed by atoms with Gasteiger partial charge in [-0.1, -0.05) is 30.3 Å². The van der Waals surface area contributed by atoms with Crippen LogP contribution in [-0.4, -0.2) is 60.3 Å². The maximum Gasteiger partial charge on any atom is 0.0446 e. The maximum absolute atomic E-state index is 9.38. The Hall–Kier alpha value is -0.900. The second kappa shape index (κ2) is 8.09. The van der Waals surface area contributed by atoms with Gasteiger partial charge in [0.2, 0.25) is 0 Å². The highest BCUT2D eigenvalue weighted by Gasteiger charge is 2.30. The fraction of sp³-hybridized carbons (Fsp3) is 0.684. The monoisotopic (exact) mass is 302 g/mol. The molecule has 1 aromatic rings. The van der Waals surface area contributed by atoms with Gasteiger partial charge in [0.05, 0.1) is 0 Å². The zero-order chi connectivity index (χ0) is 15.2. The van der Waals surface area contributed by atoms with Crippen molar-refractivity contribution in [2.75, 3.05) is 39.3 Å². The molecule has 0 aromatic heterocycles. The molecular weight excluding hydrogens is 272 g/mol. The number of aryl methyl sites for hydroxylation is 1. The predicted octanol–water partition coefficient (Wildman–Crippen LogP) is 2.40. The van der Waals surface area contributed by atoms with Crippen LogP contribution in [-0.2, 0) is 6.42 Å². The molecule has 0 radical (unpaired) electrons. The number of aliphatic hydroxyl groups is 1. The fourth-order valence-electron chi connectivity index (χ4n) is 3.64. The highest BCUT2D eigenvalue weighted by atomic mass is 16.3. The third-order valence-corrected chi connectivity index (χ3v) is 5.12. The van der Waals surface area contributed by atoms with E-state index in [4.69, 9.17) is 0 Å². The van der Waals surface area contributed by atoms with Crippen molar-refractivity contribution >= 4 is 0 Å². The lowest BCUT2D eigenvalue weighted by molar-refractivity contribution is 0.0562. The van der Waals surface area contributed by atoms with Gasteiger partial charge in [0.15, 0.2) is 0 Å². The molecule has 1 heterocycles. The van der Waals surface area contributed by atoms with Gasteiger partial charge in [0, 0.05) is 38.8 Å². The van der Waals surface area contributed by atoms with Gasteiger partial charge < -0.3 is 10.0 Å². The van der Waals surface area contributed by atoms with Crippen LogP contribution in [0, 0.1) is 5.92 Å². The van der Waals surface area contributed by atoms with Crippen LogP contribution in [0.2, 0.25) is 0 Å². The van der Waals surface area contributed by atoms with Crippen LogP contribution in [0.1, 0.15) is 31.2 Å². The maximum atomic E-state index is 9.38. The molecule has 1 aliphatic carbocycles. The van der Waals surface area contributed by atoms with E-state index in [2.05, 4.69) is 40.1 Å². The van der Waals surface area contributed by atoms with Gasteiger partial charge in [-0.3, -0.25) is 4.90 Å².